The molecule has 0 aliphatic carbocycles. The number of rotatable bonds is 2. The number of ketones is 1. The van der Waals surface area contributed by atoms with Gasteiger partial charge in [0, 0.05) is 5.41 Å². The molecule has 20 heavy (non-hydrogen) atoms. The molecule has 1 aromatic carbocycles. The zero-order valence-corrected chi connectivity index (χ0v) is 12.1. The van der Waals surface area contributed by atoms with Crippen LogP contribution in [0.15, 0.2) is 30.5 Å². The van der Waals surface area contributed by atoms with Gasteiger partial charge in [-0.2, -0.15) is 10.4 Å². The van der Waals surface area contributed by atoms with Crippen molar-refractivity contribution in [1.82, 2.24) is 9.78 Å². The van der Waals surface area contributed by atoms with Gasteiger partial charge in [-0.3, -0.25) is 4.79 Å². The SMILES string of the molecule is Cc1c(C(=O)C(C)(C)C)cnn1-c1cccc(C#N)c1. The second-order valence-corrected chi connectivity index (χ2v) is 5.80. The largest absolute Gasteiger partial charge is 0.293 e. The zero-order valence-electron chi connectivity index (χ0n) is 12.1. The molecule has 0 aliphatic heterocycles. The van der Waals surface area contributed by atoms with Gasteiger partial charge in [-0.1, -0.05) is 26.8 Å². The van der Waals surface area contributed by atoms with E-state index >= 15 is 0 Å². The van der Waals surface area contributed by atoms with Crippen LogP contribution in [-0.4, -0.2) is 15.6 Å². The Labute approximate surface area is 118 Å². The maximum Gasteiger partial charge on any atom is 0.171 e. The zero-order chi connectivity index (χ0) is 14.9. The summed E-state index contributed by atoms with van der Waals surface area (Å²) in [7, 11) is 0. The molecule has 0 bridgehead atoms. The minimum absolute atomic E-state index is 0.0673. The van der Waals surface area contributed by atoms with E-state index in [0.29, 0.717) is 11.1 Å². The van der Waals surface area contributed by atoms with Crippen molar-refractivity contribution in [2.24, 2.45) is 5.41 Å². The number of hydrogen-bond acceptors (Lipinski definition) is 3. The average molecular weight is 267 g/mol. The molecule has 0 saturated heterocycles. The first-order valence-corrected chi connectivity index (χ1v) is 6.44. The van der Waals surface area contributed by atoms with Gasteiger partial charge in [-0.15, -0.1) is 0 Å². The summed E-state index contributed by atoms with van der Waals surface area (Å²) >= 11 is 0. The standard InChI is InChI=1S/C16H17N3O/c1-11-14(15(20)16(2,3)4)10-18-19(11)13-7-5-6-12(8-13)9-17/h5-8,10H,1-4H3. The molecule has 0 atom stereocenters. The average Bonchev–Trinajstić information content (AvgIpc) is 2.78. The highest BCUT2D eigenvalue weighted by atomic mass is 16.1. The first kappa shape index (κ1) is 14.0. The Bertz CT molecular complexity index is 699. The summed E-state index contributed by atoms with van der Waals surface area (Å²) < 4.78 is 1.69. The third kappa shape index (κ3) is 2.48. The van der Waals surface area contributed by atoms with Gasteiger partial charge < -0.3 is 0 Å². The topological polar surface area (TPSA) is 58.7 Å². The second-order valence-electron chi connectivity index (χ2n) is 5.80. The van der Waals surface area contributed by atoms with Gasteiger partial charge in [-0.05, 0) is 25.1 Å². The normalized spacial score (nSPS) is 11.2. The number of hydrogen-bond donors (Lipinski definition) is 0. The number of carbonyl (C=O) groups is 1. The van der Waals surface area contributed by atoms with Crippen LogP contribution in [0.3, 0.4) is 0 Å². The highest BCUT2D eigenvalue weighted by Gasteiger charge is 2.26. The van der Waals surface area contributed by atoms with Crippen LogP contribution < -0.4 is 0 Å². The van der Waals surface area contributed by atoms with E-state index in [1.807, 2.05) is 33.8 Å². The van der Waals surface area contributed by atoms with Crippen molar-refractivity contribution >= 4 is 5.78 Å². The first-order chi connectivity index (χ1) is 9.34. The van der Waals surface area contributed by atoms with Crippen molar-refractivity contribution in [3.63, 3.8) is 0 Å². The molecule has 0 fully saturated rings. The molecule has 0 N–H and O–H groups in total. The molecular formula is C16H17N3O. The lowest BCUT2D eigenvalue weighted by molar-refractivity contribution is 0.0857. The summed E-state index contributed by atoms with van der Waals surface area (Å²) in [6.07, 6.45) is 1.60. The number of benzene rings is 1. The summed E-state index contributed by atoms with van der Waals surface area (Å²) in [6, 6.07) is 9.27. The number of carbonyl (C=O) groups excluding carboxylic acids is 1. The van der Waals surface area contributed by atoms with Crippen molar-refractivity contribution < 1.29 is 4.79 Å². The van der Waals surface area contributed by atoms with Crippen molar-refractivity contribution in [1.29, 1.82) is 5.26 Å². The van der Waals surface area contributed by atoms with Gasteiger partial charge in [0.25, 0.3) is 0 Å². The molecule has 0 aliphatic rings. The highest BCUT2D eigenvalue weighted by Crippen LogP contribution is 2.24. The van der Waals surface area contributed by atoms with Crippen LogP contribution in [0.4, 0.5) is 0 Å². The van der Waals surface area contributed by atoms with E-state index < -0.39 is 5.41 Å². The van der Waals surface area contributed by atoms with Crippen LogP contribution in [0.2, 0.25) is 0 Å². The minimum Gasteiger partial charge on any atom is -0.293 e. The second kappa shape index (κ2) is 4.93. The molecule has 2 rings (SSSR count). The summed E-state index contributed by atoms with van der Waals surface area (Å²) in [5.74, 6) is 0.0673. The Morgan fingerprint density at radius 3 is 2.65 bits per heavy atom. The van der Waals surface area contributed by atoms with E-state index in [-0.39, 0.29) is 5.78 Å². The molecule has 0 unspecified atom stereocenters. The van der Waals surface area contributed by atoms with Gasteiger partial charge >= 0.3 is 0 Å². The number of nitrogens with zero attached hydrogens (tertiary/aromatic N) is 3. The van der Waals surface area contributed by atoms with Gasteiger partial charge in [0.1, 0.15) is 0 Å². The van der Waals surface area contributed by atoms with E-state index in [2.05, 4.69) is 11.2 Å². The fourth-order valence-electron chi connectivity index (χ4n) is 2.00. The van der Waals surface area contributed by atoms with Gasteiger partial charge in [0.05, 0.1) is 34.8 Å². The predicted molar refractivity (Wildman–Crippen MR) is 76.8 cm³/mol. The molecule has 102 valence electrons. The fraction of sp³-hybridized carbons (Fsp3) is 0.312. The third-order valence-corrected chi connectivity index (χ3v) is 3.16. The monoisotopic (exact) mass is 267 g/mol. The van der Waals surface area contributed by atoms with E-state index in [1.54, 1.807) is 29.1 Å². The quantitative estimate of drug-likeness (QED) is 0.784. The van der Waals surface area contributed by atoms with E-state index in [9.17, 15) is 4.79 Å². The molecule has 0 spiro atoms. The minimum atomic E-state index is -0.437. The van der Waals surface area contributed by atoms with Crippen molar-refractivity contribution in [3.8, 4) is 11.8 Å². The fourth-order valence-corrected chi connectivity index (χ4v) is 2.00. The van der Waals surface area contributed by atoms with E-state index in [4.69, 9.17) is 5.26 Å². The lowest BCUT2D eigenvalue weighted by Gasteiger charge is -2.16. The van der Waals surface area contributed by atoms with Crippen molar-refractivity contribution in [2.45, 2.75) is 27.7 Å². The third-order valence-electron chi connectivity index (χ3n) is 3.16. The molecule has 4 nitrogen and oxygen atoms in total. The number of Topliss-reactive ketones (excluding diaryl/α,β-unsaturated/α-hetero) is 1. The van der Waals surface area contributed by atoms with Crippen LogP contribution in [0.5, 0.6) is 0 Å². The van der Waals surface area contributed by atoms with Crippen LogP contribution in [-0.2, 0) is 0 Å². The predicted octanol–water partition coefficient (Wildman–Crippen LogP) is 3.28. The highest BCUT2D eigenvalue weighted by molar-refractivity contribution is 6.00. The Balaban J connectivity index is 2.49. The molecule has 1 heterocycles. The van der Waals surface area contributed by atoms with Gasteiger partial charge in [0.2, 0.25) is 0 Å². The number of aromatic nitrogens is 2. The Hall–Kier alpha value is -2.41. The molecule has 4 heteroatoms. The summed E-state index contributed by atoms with van der Waals surface area (Å²) in [5, 5.41) is 13.2. The summed E-state index contributed by atoms with van der Waals surface area (Å²) in [5.41, 5.74) is 2.34. The van der Waals surface area contributed by atoms with Crippen molar-refractivity contribution in [3.05, 3.63) is 47.3 Å². The molecule has 1 aromatic heterocycles. The molecule has 0 amide bonds. The molecule has 0 radical (unpaired) electrons. The van der Waals surface area contributed by atoms with Crippen molar-refractivity contribution in [2.75, 3.05) is 0 Å². The molecule has 0 saturated carbocycles. The Morgan fingerprint density at radius 1 is 1.35 bits per heavy atom. The summed E-state index contributed by atoms with van der Waals surface area (Å²) in [4.78, 5) is 12.3. The smallest absolute Gasteiger partial charge is 0.171 e. The van der Waals surface area contributed by atoms with Crippen LogP contribution >= 0.6 is 0 Å². The lowest BCUT2D eigenvalue weighted by atomic mass is 9.87. The molecule has 2 aromatic rings. The van der Waals surface area contributed by atoms with Crippen LogP contribution in [0.25, 0.3) is 5.69 Å². The molecular weight excluding hydrogens is 250 g/mol. The summed E-state index contributed by atoms with van der Waals surface area (Å²) in [6.45, 7) is 7.54. The number of nitriles is 1. The van der Waals surface area contributed by atoms with Gasteiger partial charge in [0.15, 0.2) is 5.78 Å². The maximum absolute atomic E-state index is 12.3. The van der Waals surface area contributed by atoms with E-state index in [1.165, 1.54) is 0 Å². The van der Waals surface area contributed by atoms with Crippen LogP contribution in [0, 0.1) is 23.7 Å². The Morgan fingerprint density at radius 2 is 2.05 bits per heavy atom. The Kier molecular flexibility index (Phi) is 3.46. The van der Waals surface area contributed by atoms with Crippen LogP contribution in [0.1, 0.15) is 42.4 Å². The lowest BCUT2D eigenvalue weighted by Crippen LogP contribution is -2.20. The van der Waals surface area contributed by atoms with E-state index in [0.717, 1.165) is 11.4 Å². The van der Waals surface area contributed by atoms with Gasteiger partial charge in [-0.25, -0.2) is 4.68 Å². The first-order valence-electron chi connectivity index (χ1n) is 6.44. The maximum atomic E-state index is 12.3.